The number of H-pyrrole nitrogens is 1. The van der Waals surface area contributed by atoms with E-state index >= 15 is 0 Å². The number of hydrogen-bond acceptors (Lipinski definition) is 6. The highest BCUT2D eigenvalue weighted by Gasteiger charge is 2.09. The normalized spacial score (nSPS) is 10.6. The predicted octanol–water partition coefficient (Wildman–Crippen LogP) is -1.02. The Morgan fingerprint density at radius 2 is 2.31 bits per heavy atom. The highest BCUT2D eigenvalue weighted by Crippen LogP contribution is 2.03. The van der Waals surface area contributed by atoms with Crippen LogP contribution in [0.1, 0.15) is 11.7 Å². The van der Waals surface area contributed by atoms with Crippen LogP contribution in [0, 0.1) is 6.92 Å². The molecule has 2 N–H and O–H groups in total. The number of hydrogen-bond donors (Lipinski definition) is 2. The van der Waals surface area contributed by atoms with E-state index in [2.05, 4.69) is 10.1 Å². The van der Waals surface area contributed by atoms with Crippen LogP contribution >= 0.6 is 0 Å². The number of aromatic nitrogens is 4. The van der Waals surface area contributed by atoms with Gasteiger partial charge in [0.2, 0.25) is 11.8 Å². The molecule has 8 heteroatoms. The van der Waals surface area contributed by atoms with Gasteiger partial charge in [-0.1, -0.05) is 5.16 Å². The van der Waals surface area contributed by atoms with Gasteiger partial charge >= 0.3 is 5.69 Å². The van der Waals surface area contributed by atoms with Crippen molar-refractivity contribution < 1.29 is 9.63 Å². The standard InChI is InChI=1S/C8H8N4O4/c1-4-9-5(11-16-4)3-12-7(14)2-6(13)10-8(12)15/h2,14H,3H2,1H3,(H,10,13,15). The summed E-state index contributed by atoms with van der Waals surface area (Å²) < 4.78 is 5.63. The lowest BCUT2D eigenvalue weighted by atomic mass is 10.5. The fraction of sp³-hybridized carbons (Fsp3) is 0.250. The second-order valence-corrected chi connectivity index (χ2v) is 3.11. The van der Waals surface area contributed by atoms with E-state index in [0.29, 0.717) is 5.89 Å². The molecule has 0 spiro atoms. The van der Waals surface area contributed by atoms with Crippen LogP contribution in [0.25, 0.3) is 0 Å². The number of nitrogens with zero attached hydrogens (tertiary/aromatic N) is 3. The first kappa shape index (κ1) is 10.1. The van der Waals surface area contributed by atoms with Crippen LogP contribution in [0.3, 0.4) is 0 Å². The fourth-order valence-electron chi connectivity index (χ4n) is 1.21. The van der Waals surface area contributed by atoms with Crippen LogP contribution in [0.4, 0.5) is 0 Å². The summed E-state index contributed by atoms with van der Waals surface area (Å²) in [4.78, 5) is 28.1. The van der Waals surface area contributed by atoms with Crippen molar-refractivity contribution in [3.63, 3.8) is 0 Å². The molecule has 0 amide bonds. The minimum Gasteiger partial charge on any atom is -0.494 e. The molecule has 8 nitrogen and oxygen atoms in total. The van der Waals surface area contributed by atoms with E-state index in [-0.39, 0.29) is 12.4 Å². The SMILES string of the molecule is Cc1nc(Cn2c(O)cc(=O)[nH]c2=O)no1. The lowest BCUT2D eigenvalue weighted by Gasteiger charge is -2.02. The second kappa shape index (κ2) is 3.65. The summed E-state index contributed by atoms with van der Waals surface area (Å²) in [5.41, 5.74) is -1.39. The molecule has 2 aromatic rings. The van der Waals surface area contributed by atoms with Crippen molar-refractivity contribution in [3.8, 4) is 5.88 Å². The number of rotatable bonds is 2. The van der Waals surface area contributed by atoms with Gasteiger partial charge in [0.05, 0.1) is 12.6 Å². The monoisotopic (exact) mass is 224 g/mol. The van der Waals surface area contributed by atoms with Gasteiger partial charge in [0.1, 0.15) is 0 Å². The Bertz CT molecular complexity index is 623. The third-order valence-electron chi connectivity index (χ3n) is 1.88. The summed E-state index contributed by atoms with van der Waals surface area (Å²) in [5.74, 6) is 0.144. The molecule has 0 aliphatic carbocycles. The molecule has 2 rings (SSSR count). The van der Waals surface area contributed by atoms with E-state index in [1.54, 1.807) is 6.92 Å². The Balaban J connectivity index is 2.42. The van der Waals surface area contributed by atoms with E-state index in [9.17, 15) is 14.7 Å². The van der Waals surface area contributed by atoms with Crippen LogP contribution in [-0.2, 0) is 6.54 Å². The molecule has 84 valence electrons. The zero-order valence-electron chi connectivity index (χ0n) is 8.30. The Kier molecular flexibility index (Phi) is 2.31. The molecule has 2 heterocycles. The Labute approximate surface area is 88.2 Å². The summed E-state index contributed by atoms with van der Waals surface area (Å²) in [6, 6.07) is 0.897. The van der Waals surface area contributed by atoms with Gasteiger partial charge in [-0.25, -0.2) is 4.79 Å². The molecule has 0 fully saturated rings. The van der Waals surface area contributed by atoms with Gasteiger partial charge in [-0.3, -0.25) is 14.3 Å². The Morgan fingerprint density at radius 1 is 1.56 bits per heavy atom. The van der Waals surface area contributed by atoms with Gasteiger partial charge in [-0.05, 0) is 0 Å². The highest BCUT2D eigenvalue weighted by molar-refractivity contribution is 5.07. The molecule has 0 saturated carbocycles. The molecule has 0 bridgehead atoms. The molecule has 0 unspecified atom stereocenters. The topological polar surface area (TPSA) is 114 Å². The number of aromatic amines is 1. The smallest absolute Gasteiger partial charge is 0.331 e. The van der Waals surface area contributed by atoms with Gasteiger partial charge in [0.15, 0.2) is 5.82 Å². The van der Waals surface area contributed by atoms with Crippen molar-refractivity contribution in [3.05, 3.63) is 38.6 Å². The summed E-state index contributed by atoms with van der Waals surface area (Å²) in [6.45, 7) is 1.53. The zero-order valence-corrected chi connectivity index (χ0v) is 8.30. The molecule has 0 atom stereocenters. The zero-order chi connectivity index (χ0) is 11.7. The molecule has 0 aromatic carbocycles. The van der Waals surface area contributed by atoms with Crippen molar-refractivity contribution in [1.29, 1.82) is 0 Å². The van der Waals surface area contributed by atoms with Crippen molar-refractivity contribution in [2.75, 3.05) is 0 Å². The van der Waals surface area contributed by atoms with Crippen LogP contribution in [0.15, 0.2) is 20.2 Å². The van der Waals surface area contributed by atoms with Crippen molar-refractivity contribution in [1.82, 2.24) is 19.7 Å². The number of aryl methyl sites for hydroxylation is 1. The van der Waals surface area contributed by atoms with Crippen LogP contribution < -0.4 is 11.2 Å². The quantitative estimate of drug-likeness (QED) is 0.675. The predicted molar refractivity (Wildman–Crippen MR) is 51.1 cm³/mol. The highest BCUT2D eigenvalue weighted by atomic mass is 16.5. The largest absolute Gasteiger partial charge is 0.494 e. The van der Waals surface area contributed by atoms with Gasteiger partial charge in [0, 0.05) is 6.92 Å². The maximum Gasteiger partial charge on any atom is 0.331 e. The van der Waals surface area contributed by atoms with Gasteiger partial charge in [-0.15, -0.1) is 0 Å². The maximum absolute atomic E-state index is 11.3. The Morgan fingerprint density at radius 3 is 2.88 bits per heavy atom. The summed E-state index contributed by atoms with van der Waals surface area (Å²) in [7, 11) is 0. The third-order valence-corrected chi connectivity index (χ3v) is 1.88. The van der Waals surface area contributed by atoms with Crippen LogP contribution in [-0.4, -0.2) is 24.8 Å². The van der Waals surface area contributed by atoms with E-state index in [4.69, 9.17) is 4.52 Å². The first-order chi connectivity index (χ1) is 7.56. The van der Waals surface area contributed by atoms with Crippen molar-refractivity contribution in [2.45, 2.75) is 13.5 Å². The minimum absolute atomic E-state index is 0.0706. The average molecular weight is 224 g/mol. The lowest BCUT2D eigenvalue weighted by molar-refractivity contribution is 0.378. The molecule has 0 aliphatic heterocycles. The van der Waals surface area contributed by atoms with E-state index in [1.807, 2.05) is 4.98 Å². The number of nitrogens with one attached hydrogen (secondary N) is 1. The maximum atomic E-state index is 11.3. The average Bonchev–Trinajstić information content (AvgIpc) is 2.58. The molecule has 2 aromatic heterocycles. The van der Waals surface area contributed by atoms with E-state index in [1.165, 1.54) is 0 Å². The first-order valence-electron chi connectivity index (χ1n) is 4.38. The van der Waals surface area contributed by atoms with Gasteiger partial charge in [0.25, 0.3) is 5.56 Å². The Hall–Kier alpha value is -2.38. The van der Waals surface area contributed by atoms with Crippen molar-refractivity contribution in [2.24, 2.45) is 0 Å². The molecular formula is C8H8N4O4. The van der Waals surface area contributed by atoms with E-state index < -0.39 is 17.1 Å². The number of aromatic hydroxyl groups is 1. The van der Waals surface area contributed by atoms with Crippen LogP contribution in [0.2, 0.25) is 0 Å². The molecular weight excluding hydrogens is 216 g/mol. The fourth-order valence-corrected chi connectivity index (χ4v) is 1.21. The second-order valence-electron chi connectivity index (χ2n) is 3.11. The van der Waals surface area contributed by atoms with Crippen molar-refractivity contribution >= 4 is 0 Å². The first-order valence-corrected chi connectivity index (χ1v) is 4.38. The van der Waals surface area contributed by atoms with E-state index in [0.717, 1.165) is 10.6 Å². The molecule has 0 aliphatic rings. The molecule has 0 radical (unpaired) electrons. The van der Waals surface area contributed by atoms with Gasteiger partial charge < -0.3 is 9.63 Å². The third kappa shape index (κ3) is 1.85. The minimum atomic E-state index is -0.729. The molecule has 16 heavy (non-hydrogen) atoms. The molecule has 0 saturated heterocycles. The van der Waals surface area contributed by atoms with Crippen LogP contribution in [0.5, 0.6) is 5.88 Å². The summed E-state index contributed by atoms with van der Waals surface area (Å²) in [5, 5.41) is 13.0. The summed E-state index contributed by atoms with van der Waals surface area (Å²) in [6.07, 6.45) is 0. The van der Waals surface area contributed by atoms with Gasteiger partial charge in [-0.2, -0.15) is 4.98 Å². The summed E-state index contributed by atoms with van der Waals surface area (Å²) >= 11 is 0. The lowest BCUT2D eigenvalue weighted by Crippen LogP contribution is -2.29.